The predicted molar refractivity (Wildman–Crippen MR) is 10.9 cm³/mol. The van der Waals surface area contributed by atoms with Crippen molar-refractivity contribution in [3.05, 3.63) is 0 Å². The summed E-state index contributed by atoms with van der Waals surface area (Å²) in [5.74, 6) is 0. The molecule has 0 unspecified atom stereocenters. The average molecular weight is 233 g/mol. The molecule has 0 aliphatic heterocycles. The van der Waals surface area contributed by atoms with Crippen molar-refractivity contribution >= 4 is 20.4 Å². The maximum atomic E-state index is 8.81. The van der Waals surface area contributed by atoms with E-state index in [9.17, 15) is 0 Å². The third-order valence-electron chi connectivity index (χ3n) is 0. The molecule has 0 aromatic heterocycles. The van der Waals surface area contributed by atoms with Gasteiger partial charge in [-0.2, -0.15) is 0 Å². The van der Waals surface area contributed by atoms with Crippen LogP contribution in [0.1, 0.15) is 0 Å². The van der Waals surface area contributed by atoms with Gasteiger partial charge in [-0.05, 0) is 0 Å². The van der Waals surface area contributed by atoms with Crippen LogP contribution in [0.3, 0.4) is 0 Å². The molecular formula is H2MnO3Te. The van der Waals surface area contributed by atoms with Crippen LogP contribution in [-0.2, 0) is 20.2 Å². The average Bonchev–Trinajstić information content (AvgIpc) is 0.811. The van der Waals surface area contributed by atoms with Crippen LogP contribution in [0.2, 0.25) is 0 Å². The van der Waals surface area contributed by atoms with Gasteiger partial charge < -0.3 is 0 Å². The van der Waals surface area contributed by atoms with Crippen molar-refractivity contribution in [3.8, 4) is 0 Å². The fourth-order valence-electron chi connectivity index (χ4n) is 0. The molecule has 0 heterocycles. The normalized spacial score (nSPS) is 7.00. The third-order valence-corrected chi connectivity index (χ3v) is 0. The molecule has 1 radical (unpaired) electrons. The van der Waals surface area contributed by atoms with Crippen molar-refractivity contribution in [1.82, 2.24) is 0 Å². The molecule has 5 heteroatoms. The van der Waals surface area contributed by atoms with E-state index < -0.39 is 20.4 Å². The summed E-state index contributed by atoms with van der Waals surface area (Å²) in [4.78, 5) is 0. The van der Waals surface area contributed by atoms with Gasteiger partial charge >= 0.3 is 30.4 Å². The maximum absolute atomic E-state index is 8.81. The van der Waals surface area contributed by atoms with Gasteiger partial charge in [0.05, 0.1) is 0 Å². The number of hydrogen-bond acceptors (Lipinski definition) is 1. The zero-order valence-electron chi connectivity index (χ0n) is 2.09. The quantitative estimate of drug-likeness (QED) is 0.494. The Kier molecular flexibility index (Phi) is 9.45. The van der Waals surface area contributed by atoms with E-state index in [4.69, 9.17) is 10.0 Å². The molecule has 0 bridgehead atoms. The first kappa shape index (κ1) is 9.39. The van der Waals surface area contributed by atoms with E-state index in [0.717, 1.165) is 0 Å². The first-order valence-corrected chi connectivity index (χ1v) is 3.57. The second-order valence-corrected chi connectivity index (χ2v) is 1.55. The molecule has 0 fully saturated rings. The Bertz CT molecular complexity index is 29.9. The summed E-state index contributed by atoms with van der Waals surface area (Å²) < 4.78 is 23.3. The Morgan fingerprint density at radius 1 is 1.40 bits per heavy atom. The zero-order chi connectivity index (χ0) is 3.58. The van der Waals surface area contributed by atoms with Crippen molar-refractivity contribution in [1.29, 1.82) is 0 Å². The smallest absolute Gasteiger partial charge is 0 e. The minimum Gasteiger partial charge on any atom is 0 e. The SMILES string of the molecule is O=[Te](O)O.[Mn]. The molecule has 0 rings (SSSR count). The van der Waals surface area contributed by atoms with Crippen LogP contribution >= 0.6 is 0 Å². The van der Waals surface area contributed by atoms with Crippen LogP contribution in [0.25, 0.3) is 0 Å². The van der Waals surface area contributed by atoms with Crippen molar-refractivity contribution < 1.29 is 27.1 Å². The predicted octanol–water partition coefficient (Wildman–Crippen LogP) is -1.62. The molecule has 0 amide bonds. The van der Waals surface area contributed by atoms with Crippen molar-refractivity contribution in [3.63, 3.8) is 0 Å². The van der Waals surface area contributed by atoms with Crippen LogP contribution in [0.4, 0.5) is 0 Å². The molecule has 0 saturated heterocycles. The van der Waals surface area contributed by atoms with E-state index in [2.05, 4.69) is 0 Å². The summed E-state index contributed by atoms with van der Waals surface area (Å²) in [6.07, 6.45) is 0. The summed E-state index contributed by atoms with van der Waals surface area (Å²) in [5, 5.41) is 0. The van der Waals surface area contributed by atoms with Gasteiger partial charge in [0.15, 0.2) is 0 Å². The van der Waals surface area contributed by atoms with E-state index in [0.29, 0.717) is 0 Å². The van der Waals surface area contributed by atoms with Gasteiger partial charge in [-0.15, -0.1) is 0 Å². The Hall–Kier alpha value is 1.03. The number of rotatable bonds is 0. The summed E-state index contributed by atoms with van der Waals surface area (Å²) in [5.41, 5.74) is 0. The van der Waals surface area contributed by atoms with Crippen LogP contribution in [0, 0.1) is 0 Å². The van der Waals surface area contributed by atoms with E-state index in [1.54, 1.807) is 0 Å². The molecule has 0 spiro atoms. The minimum atomic E-state index is -3.61. The van der Waals surface area contributed by atoms with Crippen molar-refractivity contribution in [2.45, 2.75) is 0 Å². The van der Waals surface area contributed by atoms with Crippen LogP contribution < -0.4 is 0 Å². The molecule has 5 heavy (non-hydrogen) atoms. The Balaban J connectivity index is 0. The van der Waals surface area contributed by atoms with Crippen LogP contribution in [0.5, 0.6) is 0 Å². The molecule has 0 aliphatic rings. The van der Waals surface area contributed by atoms with Gasteiger partial charge in [-0.3, -0.25) is 0 Å². The summed E-state index contributed by atoms with van der Waals surface area (Å²) >= 11 is -3.61. The standard InChI is InChI=1S/Mn.H2O3Te/c;1-4(2)3/h;(H2,1,2,3). The van der Waals surface area contributed by atoms with Crippen molar-refractivity contribution in [2.75, 3.05) is 0 Å². The van der Waals surface area contributed by atoms with Crippen LogP contribution in [0.15, 0.2) is 0 Å². The topological polar surface area (TPSA) is 57.5 Å². The van der Waals surface area contributed by atoms with E-state index in [1.165, 1.54) is 0 Å². The third kappa shape index (κ3) is 43.6. The molecule has 0 saturated carbocycles. The maximum Gasteiger partial charge on any atom is 0 e. The fraction of sp³-hybridized carbons (Fsp3) is 0. The Morgan fingerprint density at radius 2 is 1.40 bits per heavy atom. The molecule has 0 atom stereocenters. The van der Waals surface area contributed by atoms with Gasteiger partial charge in [0, 0.05) is 17.1 Å². The van der Waals surface area contributed by atoms with E-state index >= 15 is 0 Å². The molecule has 0 aromatic carbocycles. The zero-order valence-corrected chi connectivity index (χ0v) is 5.60. The second-order valence-electron chi connectivity index (χ2n) is 0.231. The first-order chi connectivity index (χ1) is 1.73. The van der Waals surface area contributed by atoms with E-state index in [-0.39, 0.29) is 17.1 Å². The molecule has 0 aromatic rings. The summed E-state index contributed by atoms with van der Waals surface area (Å²) in [6.45, 7) is 0. The van der Waals surface area contributed by atoms with E-state index in [1.807, 2.05) is 0 Å². The Labute approximate surface area is 47.6 Å². The monoisotopic (exact) mass is 235 g/mol. The minimum absolute atomic E-state index is 0. The van der Waals surface area contributed by atoms with Gasteiger partial charge in [-0.25, -0.2) is 0 Å². The summed E-state index contributed by atoms with van der Waals surface area (Å²) in [6, 6.07) is 0. The number of hydrogen-bond donors (Lipinski definition) is 2. The van der Waals surface area contributed by atoms with Gasteiger partial charge in [0.25, 0.3) is 0 Å². The second kappa shape index (κ2) is 5.03. The molecule has 3 nitrogen and oxygen atoms in total. The van der Waals surface area contributed by atoms with Crippen molar-refractivity contribution in [2.24, 2.45) is 0 Å². The molecule has 0 aliphatic carbocycles. The van der Waals surface area contributed by atoms with Gasteiger partial charge in [0.1, 0.15) is 0 Å². The molecular weight excluding hydrogens is 231 g/mol. The molecule has 2 N–H and O–H groups in total. The Morgan fingerprint density at radius 3 is 1.40 bits per heavy atom. The molecule has 33 valence electrons. The first-order valence-electron chi connectivity index (χ1n) is 0.532. The largest absolute Gasteiger partial charge is 0 e. The summed E-state index contributed by atoms with van der Waals surface area (Å²) in [7, 11) is 0. The van der Waals surface area contributed by atoms with Crippen LogP contribution in [-0.4, -0.2) is 27.3 Å². The van der Waals surface area contributed by atoms with Gasteiger partial charge in [-0.1, -0.05) is 0 Å². The van der Waals surface area contributed by atoms with Gasteiger partial charge in [0.2, 0.25) is 0 Å². The fourth-order valence-corrected chi connectivity index (χ4v) is 0.